The van der Waals surface area contributed by atoms with Crippen LogP contribution in [0.25, 0.3) is 31.3 Å². The minimum atomic E-state index is -0.250. The van der Waals surface area contributed by atoms with Crippen LogP contribution >= 0.6 is 22.7 Å². The smallest absolute Gasteiger partial charge is 0.290 e. The highest BCUT2D eigenvalue weighted by molar-refractivity contribution is 7.20. The number of hydrogen-bond acceptors (Lipinski definition) is 7. The molecule has 0 bridgehead atoms. The maximum atomic E-state index is 8.36. The Bertz CT molecular complexity index is 1650. The lowest BCUT2D eigenvalue weighted by Gasteiger charge is -2.26. The fourth-order valence-corrected chi connectivity index (χ4v) is 6.72. The Kier molecular flexibility index (Phi) is 6.10. The van der Waals surface area contributed by atoms with Crippen molar-refractivity contribution in [2.24, 2.45) is 0 Å². The SMILES string of the molecule is O=CO.c1cnc2nc(Oc3ccc4c(CN5CCc6sc7ccccc7c6C5)c[nH]c4c3)sc2c1. The van der Waals surface area contributed by atoms with E-state index in [1.165, 1.54) is 37.9 Å². The Labute approximate surface area is 214 Å². The number of carbonyl (C=O) groups is 1. The highest BCUT2D eigenvalue weighted by Gasteiger charge is 2.21. The standard InChI is InChI=1S/C26H20N4OS2.CH2O2/c1-2-5-22-19(4-1)20-15-30(11-9-23(20)32-22)14-16-13-28-21-12-17(7-8-18(16)21)31-26-29-25-24(33-26)6-3-10-27-25;2-1-3/h1-8,10,12-13,28H,9,11,14-15H2;1H,(H,2,3). The molecular weight excluding hydrogens is 492 g/mol. The van der Waals surface area contributed by atoms with Crippen LogP contribution in [0.1, 0.15) is 16.0 Å². The van der Waals surface area contributed by atoms with Gasteiger partial charge in [0.2, 0.25) is 0 Å². The topological polar surface area (TPSA) is 91.3 Å². The number of thiophene rings is 1. The molecule has 0 radical (unpaired) electrons. The summed E-state index contributed by atoms with van der Waals surface area (Å²) >= 11 is 3.47. The summed E-state index contributed by atoms with van der Waals surface area (Å²) in [5.41, 5.74) is 4.65. The van der Waals surface area contributed by atoms with Crippen molar-refractivity contribution in [3.63, 3.8) is 0 Å². The molecule has 0 amide bonds. The van der Waals surface area contributed by atoms with Gasteiger partial charge in [-0.3, -0.25) is 9.69 Å². The van der Waals surface area contributed by atoms with Crippen LogP contribution in [0.2, 0.25) is 0 Å². The lowest BCUT2D eigenvalue weighted by Crippen LogP contribution is -2.29. The minimum Gasteiger partial charge on any atom is -0.483 e. The molecule has 0 spiro atoms. The normalized spacial score (nSPS) is 13.4. The zero-order valence-corrected chi connectivity index (χ0v) is 20.8. The average molecular weight is 515 g/mol. The molecule has 0 saturated carbocycles. The van der Waals surface area contributed by atoms with Crippen LogP contribution < -0.4 is 4.74 Å². The summed E-state index contributed by atoms with van der Waals surface area (Å²) in [7, 11) is 0. The third-order valence-electron chi connectivity index (χ3n) is 6.30. The molecule has 0 unspecified atom stereocenters. The molecule has 0 atom stereocenters. The molecule has 2 aromatic carbocycles. The maximum Gasteiger partial charge on any atom is 0.290 e. The van der Waals surface area contributed by atoms with E-state index in [2.05, 4.69) is 62.4 Å². The predicted octanol–water partition coefficient (Wildman–Crippen LogP) is 6.44. The molecule has 9 heteroatoms. The molecule has 36 heavy (non-hydrogen) atoms. The van der Waals surface area contributed by atoms with E-state index in [4.69, 9.17) is 14.6 Å². The Balaban J connectivity index is 0.000000765. The van der Waals surface area contributed by atoms with Crippen LogP contribution in [-0.2, 0) is 24.3 Å². The highest BCUT2D eigenvalue weighted by atomic mass is 32.1. The van der Waals surface area contributed by atoms with Gasteiger partial charge in [0, 0.05) is 58.6 Å². The number of aromatic nitrogens is 3. The summed E-state index contributed by atoms with van der Waals surface area (Å²) in [6, 6.07) is 19.0. The van der Waals surface area contributed by atoms with Gasteiger partial charge in [0.15, 0.2) is 5.65 Å². The number of thiazole rings is 1. The fourth-order valence-electron chi connectivity index (χ4n) is 4.72. The zero-order chi connectivity index (χ0) is 24.5. The monoisotopic (exact) mass is 514 g/mol. The van der Waals surface area contributed by atoms with Crippen LogP contribution in [0.5, 0.6) is 10.9 Å². The Morgan fingerprint density at radius 2 is 1.94 bits per heavy atom. The van der Waals surface area contributed by atoms with Gasteiger partial charge in [0.1, 0.15) is 5.75 Å². The summed E-state index contributed by atoms with van der Waals surface area (Å²) in [5.74, 6) is 0.780. The van der Waals surface area contributed by atoms with E-state index in [0.29, 0.717) is 5.19 Å². The number of hydrogen-bond donors (Lipinski definition) is 2. The van der Waals surface area contributed by atoms with E-state index in [1.807, 2.05) is 29.5 Å². The van der Waals surface area contributed by atoms with Crippen molar-refractivity contribution in [3.8, 4) is 10.9 Å². The molecule has 0 fully saturated rings. The molecule has 4 aromatic heterocycles. The van der Waals surface area contributed by atoms with Crippen LogP contribution in [0.4, 0.5) is 0 Å². The lowest BCUT2D eigenvalue weighted by molar-refractivity contribution is -0.122. The number of nitrogens with one attached hydrogen (secondary N) is 1. The minimum absolute atomic E-state index is 0.250. The fraction of sp³-hybridized carbons (Fsp3) is 0.148. The van der Waals surface area contributed by atoms with Gasteiger partial charge in [0.25, 0.3) is 11.7 Å². The molecule has 0 aliphatic carbocycles. The third-order valence-corrected chi connectivity index (χ3v) is 8.46. The van der Waals surface area contributed by atoms with E-state index in [9.17, 15) is 0 Å². The van der Waals surface area contributed by atoms with Crippen molar-refractivity contribution in [1.29, 1.82) is 0 Å². The quantitative estimate of drug-likeness (QED) is 0.263. The summed E-state index contributed by atoms with van der Waals surface area (Å²) in [6.45, 7) is 2.80. The van der Waals surface area contributed by atoms with Gasteiger partial charge >= 0.3 is 0 Å². The summed E-state index contributed by atoms with van der Waals surface area (Å²) < 4.78 is 8.48. The number of rotatable bonds is 4. The maximum absolute atomic E-state index is 8.36. The third kappa shape index (κ3) is 4.32. The zero-order valence-electron chi connectivity index (χ0n) is 19.2. The van der Waals surface area contributed by atoms with Crippen molar-refractivity contribution in [2.45, 2.75) is 19.5 Å². The second-order valence-corrected chi connectivity index (χ2v) is 10.6. The lowest BCUT2D eigenvalue weighted by atomic mass is 10.0. The van der Waals surface area contributed by atoms with Crippen molar-refractivity contribution in [1.82, 2.24) is 19.9 Å². The van der Waals surface area contributed by atoms with Gasteiger partial charge in [-0.25, -0.2) is 4.98 Å². The first-order valence-electron chi connectivity index (χ1n) is 11.5. The molecule has 5 heterocycles. The molecule has 1 aliphatic rings. The van der Waals surface area contributed by atoms with Crippen LogP contribution in [-0.4, -0.2) is 38.0 Å². The molecule has 7 rings (SSSR count). The number of nitrogens with zero attached hydrogens (tertiary/aromatic N) is 3. The molecule has 180 valence electrons. The molecule has 6 aromatic rings. The number of H-pyrrole nitrogens is 1. The van der Waals surface area contributed by atoms with Crippen LogP contribution in [0.3, 0.4) is 0 Å². The molecule has 7 nitrogen and oxygen atoms in total. The Morgan fingerprint density at radius 1 is 1.08 bits per heavy atom. The van der Waals surface area contributed by atoms with Gasteiger partial charge in [-0.05, 0) is 53.3 Å². The number of pyridine rings is 1. The number of benzene rings is 2. The second kappa shape index (κ2) is 9.69. The van der Waals surface area contributed by atoms with Gasteiger partial charge in [0.05, 0.1) is 4.70 Å². The predicted molar refractivity (Wildman–Crippen MR) is 144 cm³/mol. The number of aromatic amines is 1. The molecular formula is C27H22N4O3S2. The molecule has 1 aliphatic heterocycles. The summed E-state index contributed by atoms with van der Waals surface area (Å²) in [6.07, 6.45) is 5.02. The number of fused-ring (bicyclic) bond motifs is 5. The number of ether oxygens (including phenoxy) is 1. The average Bonchev–Trinajstić information content (AvgIpc) is 3.59. The second-order valence-electron chi connectivity index (χ2n) is 8.49. The Morgan fingerprint density at radius 3 is 2.83 bits per heavy atom. The first-order chi connectivity index (χ1) is 17.7. The van der Waals surface area contributed by atoms with Crippen LogP contribution in [0, 0.1) is 0 Å². The van der Waals surface area contributed by atoms with Crippen molar-refractivity contribution in [2.75, 3.05) is 6.54 Å². The first-order valence-corrected chi connectivity index (χ1v) is 13.1. The Hall–Kier alpha value is -3.79. The van der Waals surface area contributed by atoms with E-state index in [1.54, 1.807) is 11.1 Å². The summed E-state index contributed by atoms with van der Waals surface area (Å²) in [4.78, 5) is 24.7. The first kappa shape index (κ1) is 22.7. The van der Waals surface area contributed by atoms with E-state index in [0.717, 1.165) is 47.7 Å². The van der Waals surface area contributed by atoms with Gasteiger partial charge in [-0.15, -0.1) is 11.3 Å². The highest BCUT2D eigenvalue weighted by Crippen LogP contribution is 2.36. The summed E-state index contributed by atoms with van der Waals surface area (Å²) in [5, 5.41) is 10.2. The number of carboxylic acid groups (broad SMARTS) is 1. The molecule has 0 saturated heterocycles. The molecule has 2 N–H and O–H groups in total. The van der Waals surface area contributed by atoms with Gasteiger partial charge in [-0.2, -0.15) is 4.98 Å². The van der Waals surface area contributed by atoms with E-state index < -0.39 is 0 Å². The largest absolute Gasteiger partial charge is 0.483 e. The van der Waals surface area contributed by atoms with Gasteiger partial charge < -0.3 is 14.8 Å². The van der Waals surface area contributed by atoms with E-state index in [-0.39, 0.29) is 6.47 Å². The van der Waals surface area contributed by atoms with E-state index >= 15 is 0 Å². The van der Waals surface area contributed by atoms with Crippen molar-refractivity contribution < 1.29 is 14.6 Å². The van der Waals surface area contributed by atoms with Crippen molar-refractivity contribution >= 4 is 60.5 Å². The van der Waals surface area contributed by atoms with Crippen molar-refractivity contribution in [3.05, 3.63) is 83.0 Å². The van der Waals surface area contributed by atoms with Gasteiger partial charge in [-0.1, -0.05) is 29.5 Å². The van der Waals surface area contributed by atoms with Crippen LogP contribution in [0.15, 0.2) is 67.0 Å².